The van der Waals surface area contributed by atoms with Crippen LogP contribution in [-0.4, -0.2) is 41.9 Å². The van der Waals surface area contributed by atoms with Crippen molar-refractivity contribution < 1.29 is 14.3 Å². The predicted octanol–water partition coefficient (Wildman–Crippen LogP) is 1.95. The first-order chi connectivity index (χ1) is 11.0. The molecule has 0 atom stereocenters. The van der Waals surface area contributed by atoms with E-state index in [1.54, 1.807) is 0 Å². The number of piperidine rings is 1. The van der Waals surface area contributed by atoms with Gasteiger partial charge in [-0.25, -0.2) is 0 Å². The molecule has 0 bridgehead atoms. The number of hydrogen-bond donors (Lipinski definition) is 1. The third-order valence-electron chi connectivity index (χ3n) is 5.21. The number of ether oxygens (including phenoxy) is 1. The van der Waals surface area contributed by atoms with Crippen molar-refractivity contribution in [1.82, 2.24) is 10.2 Å². The summed E-state index contributed by atoms with van der Waals surface area (Å²) in [7, 11) is 0. The third kappa shape index (κ3) is 3.33. The summed E-state index contributed by atoms with van der Waals surface area (Å²) in [5.74, 6) is 0.933. The van der Waals surface area contributed by atoms with Gasteiger partial charge in [-0.3, -0.25) is 9.59 Å². The van der Waals surface area contributed by atoms with Crippen LogP contribution in [0, 0.1) is 13.8 Å². The SMILES string of the molecule is Cc1cccc(OCC(=O)N2CCC3(CCC(=O)N3)CC2)c1C. The van der Waals surface area contributed by atoms with E-state index in [1.165, 1.54) is 0 Å². The monoisotopic (exact) mass is 316 g/mol. The van der Waals surface area contributed by atoms with Gasteiger partial charge < -0.3 is 15.0 Å². The number of amides is 2. The summed E-state index contributed by atoms with van der Waals surface area (Å²) in [6, 6.07) is 5.87. The molecule has 1 aromatic rings. The zero-order valence-electron chi connectivity index (χ0n) is 13.9. The van der Waals surface area contributed by atoms with E-state index >= 15 is 0 Å². The molecular weight excluding hydrogens is 292 g/mol. The molecule has 0 saturated carbocycles. The van der Waals surface area contributed by atoms with E-state index in [-0.39, 0.29) is 24.0 Å². The smallest absolute Gasteiger partial charge is 0.260 e. The number of nitrogens with zero attached hydrogens (tertiary/aromatic N) is 1. The van der Waals surface area contributed by atoms with Crippen LogP contribution in [0.25, 0.3) is 0 Å². The van der Waals surface area contributed by atoms with Gasteiger partial charge in [0.1, 0.15) is 5.75 Å². The van der Waals surface area contributed by atoms with Gasteiger partial charge in [0.2, 0.25) is 5.91 Å². The molecular formula is C18H24N2O3. The van der Waals surface area contributed by atoms with Gasteiger partial charge in [0, 0.05) is 25.0 Å². The van der Waals surface area contributed by atoms with Crippen LogP contribution in [0.4, 0.5) is 0 Å². The van der Waals surface area contributed by atoms with Crippen molar-refractivity contribution in [2.75, 3.05) is 19.7 Å². The second-order valence-electron chi connectivity index (χ2n) is 6.70. The number of hydrogen-bond acceptors (Lipinski definition) is 3. The van der Waals surface area contributed by atoms with Gasteiger partial charge in [-0.2, -0.15) is 0 Å². The highest BCUT2D eigenvalue weighted by molar-refractivity contribution is 5.80. The molecule has 1 aromatic carbocycles. The molecule has 2 amide bonds. The van der Waals surface area contributed by atoms with Crippen LogP contribution in [0.5, 0.6) is 5.75 Å². The lowest BCUT2D eigenvalue weighted by Gasteiger charge is -2.39. The van der Waals surface area contributed by atoms with Gasteiger partial charge in [0.15, 0.2) is 6.61 Å². The maximum absolute atomic E-state index is 12.3. The van der Waals surface area contributed by atoms with E-state index in [2.05, 4.69) is 5.32 Å². The minimum absolute atomic E-state index is 0.0186. The van der Waals surface area contributed by atoms with Crippen molar-refractivity contribution in [3.63, 3.8) is 0 Å². The fraction of sp³-hybridized carbons (Fsp3) is 0.556. The molecule has 2 saturated heterocycles. The summed E-state index contributed by atoms with van der Waals surface area (Å²) < 4.78 is 5.71. The van der Waals surface area contributed by atoms with Gasteiger partial charge in [-0.05, 0) is 50.3 Å². The summed E-state index contributed by atoms with van der Waals surface area (Å²) in [5.41, 5.74) is 2.17. The second-order valence-corrected chi connectivity index (χ2v) is 6.70. The van der Waals surface area contributed by atoms with Crippen LogP contribution in [0.2, 0.25) is 0 Å². The first-order valence-corrected chi connectivity index (χ1v) is 8.27. The Morgan fingerprint density at radius 3 is 2.65 bits per heavy atom. The number of carbonyl (C=O) groups excluding carboxylic acids is 2. The zero-order valence-corrected chi connectivity index (χ0v) is 13.9. The van der Waals surface area contributed by atoms with Crippen molar-refractivity contribution in [1.29, 1.82) is 0 Å². The summed E-state index contributed by atoms with van der Waals surface area (Å²) >= 11 is 0. The molecule has 1 spiro atoms. The average molecular weight is 316 g/mol. The number of likely N-dealkylation sites (tertiary alicyclic amines) is 1. The maximum atomic E-state index is 12.3. The molecule has 5 nitrogen and oxygen atoms in total. The molecule has 3 rings (SSSR count). The Morgan fingerprint density at radius 1 is 1.26 bits per heavy atom. The second kappa shape index (κ2) is 6.22. The van der Waals surface area contributed by atoms with E-state index in [0.717, 1.165) is 36.1 Å². The molecule has 0 aliphatic carbocycles. The Morgan fingerprint density at radius 2 is 2.00 bits per heavy atom. The highest BCUT2D eigenvalue weighted by Crippen LogP contribution is 2.31. The summed E-state index contributed by atoms with van der Waals surface area (Å²) in [4.78, 5) is 25.6. The molecule has 0 radical (unpaired) electrons. The normalized spacial score (nSPS) is 19.7. The Labute approximate surface area is 137 Å². The summed E-state index contributed by atoms with van der Waals surface area (Å²) in [5, 5.41) is 3.09. The molecule has 2 aliphatic rings. The molecule has 2 heterocycles. The van der Waals surface area contributed by atoms with Crippen molar-refractivity contribution >= 4 is 11.8 Å². The Kier molecular flexibility index (Phi) is 4.28. The van der Waals surface area contributed by atoms with Crippen LogP contribution in [0.1, 0.15) is 36.8 Å². The van der Waals surface area contributed by atoms with E-state index < -0.39 is 0 Å². The Bertz CT molecular complexity index is 619. The molecule has 2 aliphatic heterocycles. The first-order valence-electron chi connectivity index (χ1n) is 8.27. The largest absolute Gasteiger partial charge is 0.483 e. The predicted molar refractivity (Wildman–Crippen MR) is 87.3 cm³/mol. The van der Waals surface area contributed by atoms with Crippen LogP contribution in [0.15, 0.2) is 18.2 Å². The van der Waals surface area contributed by atoms with E-state index in [9.17, 15) is 9.59 Å². The Hall–Kier alpha value is -2.04. The highest BCUT2D eigenvalue weighted by Gasteiger charge is 2.40. The lowest BCUT2D eigenvalue weighted by atomic mass is 9.86. The number of aryl methyl sites for hydroxylation is 1. The van der Waals surface area contributed by atoms with Gasteiger partial charge in [-0.1, -0.05) is 12.1 Å². The van der Waals surface area contributed by atoms with Gasteiger partial charge in [0.25, 0.3) is 5.91 Å². The van der Waals surface area contributed by atoms with Crippen molar-refractivity contribution in [2.45, 2.75) is 45.1 Å². The summed E-state index contributed by atoms with van der Waals surface area (Å²) in [6.45, 7) is 5.49. The van der Waals surface area contributed by atoms with E-state index in [4.69, 9.17) is 4.74 Å². The fourth-order valence-electron chi connectivity index (χ4n) is 3.44. The van der Waals surface area contributed by atoms with Crippen LogP contribution in [0.3, 0.4) is 0 Å². The molecule has 5 heteroatoms. The van der Waals surface area contributed by atoms with E-state index in [0.29, 0.717) is 19.5 Å². The molecule has 1 N–H and O–H groups in total. The number of rotatable bonds is 3. The van der Waals surface area contributed by atoms with Crippen molar-refractivity contribution in [2.24, 2.45) is 0 Å². The molecule has 124 valence electrons. The van der Waals surface area contributed by atoms with Crippen molar-refractivity contribution in [3.8, 4) is 5.75 Å². The average Bonchev–Trinajstić information content (AvgIpc) is 2.90. The number of carbonyl (C=O) groups is 2. The molecule has 2 fully saturated rings. The van der Waals surface area contributed by atoms with Gasteiger partial charge in [0.05, 0.1) is 0 Å². The zero-order chi connectivity index (χ0) is 16.4. The molecule has 0 aromatic heterocycles. The van der Waals surface area contributed by atoms with Crippen LogP contribution >= 0.6 is 0 Å². The summed E-state index contributed by atoms with van der Waals surface area (Å²) in [6.07, 6.45) is 3.19. The maximum Gasteiger partial charge on any atom is 0.260 e. The third-order valence-corrected chi connectivity index (χ3v) is 5.21. The quantitative estimate of drug-likeness (QED) is 0.927. The molecule has 0 unspecified atom stereocenters. The van der Waals surface area contributed by atoms with Crippen molar-refractivity contribution in [3.05, 3.63) is 29.3 Å². The van der Waals surface area contributed by atoms with E-state index in [1.807, 2.05) is 36.9 Å². The molecule has 23 heavy (non-hydrogen) atoms. The minimum atomic E-state index is -0.0676. The fourth-order valence-corrected chi connectivity index (χ4v) is 3.44. The standard InChI is InChI=1S/C18H24N2O3/c1-13-4-3-5-15(14(13)2)23-12-17(22)20-10-8-18(9-11-20)7-6-16(21)19-18/h3-5H,6-12H2,1-2H3,(H,19,21). The van der Waals surface area contributed by atoms with Gasteiger partial charge in [-0.15, -0.1) is 0 Å². The number of benzene rings is 1. The lowest BCUT2D eigenvalue weighted by molar-refractivity contribution is -0.135. The van der Waals surface area contributed by atoms with Gasteiger partial charge >= 0.3 is 0 Å². The van der Waals surface area contributed by atoms with Crippen LogP contribution in [-0.2, 0) is 9.59 Å². The lowest BCUT2D eigenvalue weighted by Crippen LogP contribution is -2.52. The highest BCUT2D eigenvalue weighted by atomic mass is 16.5. The number of nitrogens with one attached hydrogen (secondary N) is 1. The Balaban J connectivity index is 1.52. The minimum Gasteiger partial charge on any atom is -0.483 e. The van der Waals surface area contributed by atoms with Crippen LogP contribution < -0.4 is 10.1 Å². The first kappa shape index (κ1) is 15.8. The topological polar surface area (TPSA) is 58.6 Å².